The Bertz CT molecular complexity index is 856. The number of para-hydroxylation sites is 1. The quantitative estimate of drug-likeness (QED) is 0.657. The van der Waals surface area contributed by atoms with Gasteiger partial charge in [0.1, 0.15) is 11.5 Å². The van der Waals surface area contributed by atoms with Crippen LogP contribution in [0.1, 0.15) is 31.7 Å². The van der Waals surface area contributed by atoms with Gasteiger partial charge in [-0.2, -0.15) is 0 Å². The molecule has 0 saturated heterocycles. The second-order valence-corrected chi connectivity index (χ2v) is 7.21. The number of benzene rings is 2. The molecule has 1 atom stereocenters. The van der Waals surface area contributed by atoms with Gasteiger partial charge in [0, 0.05) is 12.1 Å². The van der Waals surface area contributed by atoms with E-state index < -0.39 is 0 Å². The normalized spacial score (nSPS) is 11.5. The molecule has 0 spiro atoms. The van der Waals surface area contributed by atoms with E-state index in [1.54, 1.807) is 25.2 Å². The number of hydrogen-bond acceptors (Lipinski definition) is 4. The molecular formula is C22H27ClN2O4. The van der Waals surface area contributed by atoms with Crippen molar-refractivity contribution in [2.75, 3.05) is 32.6 Å². The maximum Gasteiger partial charge on any atom is 0.260 e. The number of anilines is 1. The van der Waals surface area contributed by atoms with E-state index in [0.29, 0.717) is 28.1 Å². The van der Waals surface area contributed by atoms with Crippen LogP contribution < -0.4 is 14.8 Å². The molecule has 2 amide bonds. The average molecular weight is 419 g/mol. The second kappa shape index (κ2) is 10.7. The van der Waals surface area contributed by atoms with E-state index >= 15 is 0 Å². The fraction of sp³-hybridized carbons (Fsp3) is 0.364. The Kier molecular flexibility index (Phi) is 8.34. The van der Waals surface area contributed by atoms with Crippen molar-refractivity contribution in [3.63, 3.8) is 0 Å². The van der Waals surface area contributed by atoms with E-state index in [9.17, 15) is 9.59 Å². The van der Waals surface area contributed by atoms with Gasteiger partial charge in [0.2, 0.25) is 5.91 Å². The Hall–Kier alpha value is -2.73. The Labute approximate surface area is 176 Å². The van der Waals surface area contributed by atoms with Gasteiger partial charge in [-0.15, -0.1) is 0 Å². The summed E-state index contributed by atoms with van der Waals surface area (Å²) in [5.74, 6) is 0.856. The number of nitrogens with zero attached hydrogens (tertiary/aromatic N) is 1. The largest absolute Gasteiger partial charge is 0.495 e. The summed E-state index contributed by atoms with van der Waals surface area (Å²) < 4.78 is 10.9. The molecule has 0 saturated carbocycles. The minimum absolute atomic E-state index is 0.120. The van der Waals surface area contributed by atoms with Crippen LogP contribution in [0.15, 0.2) is 42.5 Å². The molecule has 0 fully saturated rings. The maximum atomic E-state index is 12.4. The lowest BCUT2D eigenvalue weighted by Gasteiger charge is -2.19. The number of nitrogens with one attached hydrogen (secondary N) is 1. The predicted molar refractivity (Wildman–Crippen MR) is 115 cm³/mol. The van der Waals surface area contributed by atoms with E-state index in [1.165, 1.54) is 12.0 Å². The van der Waals surface area contributed by atoms with Crippen molar-refractivity contribution in [2.45, 2.75) is 26.2 Å². The van der Waals surface area contributed by atoms with Crippen LogP contribution in [0, 0.1) is 0 Å². The fourth-order valence-electron chi connectivity index (χ4n) is 2.76. The Morgan fingerprint density at radius 3 is 2.59 bits per heavy atom. The predicted octanol–water partition coefficient (Wildman–Crippen LogP) is 4.34. The number of hydrogen-bond donors (Lipinski definition) is 1. The van der Waals surface area contributed by atoms with Crippen molar-refractivity contribution in [2.24, 2.45) is 0 Å². The first-order valence-corrected chi connectivity index (χ1v) is 9.82. The Balaban J connectivity index is 1.93. The summed E-state index contributed by atoms with van der Waals surface area (Å²) in [5.41, 5.74) is 1.51. The first kappa shape index (κ1) is 22.6. The molecular weight excluding hydrogens is 392 g/mol. The molecule has 6 nitrogen and oxygen atoms in total. The summed E-state index contributed by atoms with van der Waals surface area (Å²) in [5, 5.41) is 3.18. The Morgan fingerprint density at radius 2 is 1.90 bits per heavy atom. The highest BCUT2D eigenvalue weighted by Crippen LogP contribution is 2.29. The third kappa shape index (κ3) is 6.39. The van der Waals surface area contributed by atoms with Crippen LogP contribution in [0.2, 0.25) is 5.02 Å². The minimum Gasteiger partial charge on any atom is -0.495 e. The van der Waals surface area contributed by atoms with Gasteiger partial charge in [0.25, 0.3) is 5.91 Å². The van der Waals surface area contributed by atoms with Crippen molar-refractivity contribution in [3.05, 3.63) is 53.1 Å². The van der Waals surface area contributed by atoms with Crippen molar-refractivity contribution < 1.29 is 19.1 Å². The van der Waals surface area contributed by atoms with Gasteiger partial charge < -0.3 is 19.7 Å². The van der Waals surface area contributed by atoms with Gasteiger partial charge in [0.15, 0.2) is 6.61 Å². The van der Waals surface area contributed by atoms with Gasteiger partial charge in [-0.25, -0.2) is 0 Å². The standard InChI is InChI=1S/C22H27ClN2O4/c1-5-15(2)17-8-6-7-9-19(17)29-14-22(27)25(3)13-21(26)24-18-12-16(23)10-11-20(18)28-4/h6-12,15H,5,13-14H2,1-4H3,(H,24,26). The number of carbonyl (C=O) groups excluding carboxylic acids is 2. The molecule has 0 aliphatic carbocycles. The number of carbonyl (C=O) groups is 2. The highest BCUT2D eigenvalue weighted by Gasteiger charge is 2.17. The van der Waals surface area contributed by atoms with Crippen LogP contribution in [0.4, 0.5) is 5.69 Å². The van der Waals surface area contributed by atoms with Crippen LogP contribution in [0.25, 0.3) is 0 Å². The third-order valence-electron chi connectivity index (χ3n) is 4.66. The molecule has 2 aromatic carbocycles. The first-order chi connectivity index (χ1) is 13.8. The molecule has 2 aromatic rings. The molecule has 0 aliphatic heterocycles. The zero-order chi connectivity index (χ0) is 21.4. The van der Waals surface area contributed by atoms with Crippen molar-refractivity contribution in [3.8, 4) is 11.5 Å². The number of rotatable bonds is 9. The summed E-state index contributed by atoms with van der Waals surface area (Å²) in [6.07, 6.45) is 0.974. The smallest absolute Gasteiger partial charge is 0.260 e. The second-order valence-electron chi connectivity index (χ2n) is 6.78. The lowest BCUT2D eigenvalue weighted by atomic mass is 9.98. The van der Waals surface area contributed by atoms with Crippen LogP contribution in [-0.2, 0) is 9.59 Å². The monoisotopic (exact) mass is 418 g/mol. The number of amides is 2. The summed E-state index contributed by atoms with van der Waals surface area (Å²) in [4.78, 5) is 26.0. The molecule has 0 aliphatic rings. The van der Waals surface area contributed by atoms with Gasteiger partial charge >= 0.3 is 0 Å². The maximum absolute atomic E-state index is 12.4. The lowest BCUT2D eigenvalue weighted by molar-refractivity contribution is -0.135. The van der Waals surface area contributed by atoms with Crippen molar-refractivity contribution in [1.82, 2.24) is 4.90 Å². The van der Waals surface area contributed by atoms with Crippen molar-refractivity contribution >= 4 is 29.1 Å². The fourth-order valence-corrected chi connectivity index (χ4v) is 2.93. The highest BCUT2D eigenvalue weighted by molar-refractivity contribution is 6.31. The first-order valence-electron chi connectivity index (χ1n) is 9.44. The summed E-state index contributed by atoms with van der Waals surface area (Å²) in [7, 11) is 3.06. The molecule has 0 radical (unpaired) electrons. The minimum atomic E-state index is -0.360. The van der Waals surface area contributed by atoms with E-state index in [-0.39, 0.29) is 25.0 Å². The molecule has 0 aromatic heterocycles. The molecule has 0 bridgehead atoms. The SMILES string of the molecule is CCC(C)c1ccccc1OCC(=O)N(C)CC(=O)Nc1cc(Cl)ccc1OC. The molecule has 7 heteroatoms. The van der Waals surface area contributed by atoms with Crippen LogP contribution in [-0.4, -0.2) is 44.0 Å². The summed E-state index contributed by atoms with van der Waals surface area (Å²) in [6, 6.07) is 12.6. The van der Waals surface area contributed by atoms with Crippen LogP contribution in [0.5, 0.6) is 11.5 Å². The zero-order valence-electron chi connectivity index (χ0n) is 17.2. The number of ether oxygens (including phenoxy) is 2. The van der Waals surface area contributed by atoms with Crippen molar-refractivity contribution in [1.29, 1.82) is 0 Å². The number of likely N-dealkylation sites (N-methyl/N-ethyl adjacent to an activating group) is 1. The zero-order valence-corrected chi connectivity index (χ0v) is 18.0. The van der Waals surface area contributed by atoms with E-state index in [0.717, 1.165) is 12.0 Å². The van der Waals surface area contributed by atoms with Gasteiger partial charge in [0.05, 0.1) is 19.3 Å². The van der Waals surface area contributed by atoms with Crippen LogP contribution in [0.3, 0.4) is 0 Å². The highest BCUT2D eigenvalue weighted by atomic mass is 35.5. The molecule has 29 heavy (non-hydrogen) atoms. The topological polar surface area (TPSA) is 67.9 Å². The molecule has 1 unspecified atom stereocenters. The summed E-state index contributed by atoms with van der Waals surface area (Å²) in [6.45, 7) is 3.96. The third-order valence-corrected chi connectivity index (χ3v) is 4.89. The van der Waals surface area contributed by atoms with E-state index in [2.05, 4.69) is 19.2 Å². The van der Waals surface area contributed by atoms with E-state index in [4.69, 9.17) is 21.1 Å². The lowest BCUT2D eigenvalue weighted by Crippen LogP contribution is -2.37. The number of methoxy groups -OCH3 is 1. The molecule has 0 heterocycles. The van der Waals surface area contributed by atoms with Gasteiger partial charge in [-0.3, -0.25) is 9.59 Å². The Morgan fingerprint density at radius 1 is 1.17 bits per heavy atom. The molecule has 156 valence electrons. The number of halogens is 1. The van der Waals surface area contributed by atoms with Crippen LogP contribution >= 0.6 is 11.6 Å². The summed E-state index contributed by atoms with van der Waals surface area (Å²) >= 11 is 5.97. The molecule has 1 N–H and O–H groups in total. The molecule has 2 rings (SSSR count). The van der Waals surface area contributed by atoms with Gasteiger partial charge in [-0.1, -0.05) is 43.6 Å². The average Bonchev–Trinajstić information content (AvgIpc) is 2.71. The van der Waals surface area contributed by atoms with Gasteiger partial charge in [-0.05, 0) is 42.2 Å². The van der Waals surface area contributed by atoms with E-state index in [1.807, 2.05) is 24.3 Å².